The summed E-state index contributed by atoms with van der Waals surface area (Å²) in [4.78, 5) is 14.1. The number of rotatable bonds is 6. The van der Waals surface area contributed by atoms with Gasteiger partial charge in [-0.3, -0.25) is 9.69 Å². The van der Waals surface area contributed by atoms with Crippen LogP contribution in [0.15, 0.2) is 36.4 Å². The number of hydrogen-bond donors (Lipinski definition) is 1. The maximum atomic E-state index is 12.2. The highest BCUT2D eigenvalue weighted by Crippen LogP contribution is 2.24. The van der Waals surface area contributed by atoms with E-state index >= 15 is 0 Å². The van der Waals surface area contributed by atoms with Crippen LogP contribution in [0.1, 0.15) is 11.1 Å². The Bertz CT molecular complexity index is 735. The van der Waals surface area contributed by atoms with Crippen LogP contribution in [0, 0.1) is 6.92 Å². The van der Waals surface area contributed by atoms with Crippen LogP contribution in [0.25, 0.3) is 0 Å². The number of halogens is 2. The Morgan fingerprint density at radius 1 is 1.17 bits per heavy atom. The molecule has 2 aromatic rings. The first-order chi connectivity index (χ1) is 11.4. The molecular formula is C18H20Cl2N2O2. The zero-order valence-electron chi connectivity index (χ0n) is 13.9. The second-order valence-electron chi connectivity index (χ2n) is 5.64. The van der Waals surface area contributed by atoms with E-state index in [9.17, 15) is 4.79 Å². The Morgan fingerprint density at radius 3 is 2.54 bits per heavy atom. The number of carbonyl (C=O) groups is 1. The third-order valence-electron chi connectivity index (χ3n) is 3.57. The molecule has 0 aliphatic heterocycles. The molecule has 24 heavy (non-hydrogen) atoms. The quantitative estimate of drug-likeness (QED) is 0.824. The summed E-state index contributed by atoms with van der Waals surface area (Å²) in [6.07, 6.45) is 0. The van der Waals surface area contributed by atoms with E-state index < -0.39 is 0 Å². The van der Waals surface area contributed by atoms with Crippen LogP contribution >= 0.6 is 23.2 Å². The summed E-state index contributed by atoms with van der Waals surface area (Å²) in [5, 5.41) is 4.11. The molecule has 2 aromatic carbocycles. The molecule has 0 unspecified atom stereocenters. The first kappa shape index (κ1) is 18.6. The van der Waals surface area contributed by atoms with Crippen LogP contribution < -0.4 is 10.1 Å². The van der Waals surface area contributed by atoms with Gasteiger partial charge in [-0.25, -0.2) is 0 Å². The third kappa shape index (κ3) is 5.13. The number of hydrogen-bond acceptors (Lipinski definition) is 3. The Morgan fingerprint density at radius 2 is 1.83 bits per heavy atom. The minimum atomic E-state index is -0.108. The van der Waals surface area contributed by atoms with Crippen molar-refractivity contribution in [3.63, 3.8) is 0 Å². The maximum absolute atomic E-state index is 12.2. The molecule has 0 aliphatic carbocycles. The number of likely N-dealkylation sites (N-methyl/N-ethyl adjacent to an activating group) is 1. The van der Waals surface area contributed by atoms with Crippen molar-refractivity contribution in [3.05, 3.63) is 57.6 Å². The van der Waals surface area contributed by atoms with Crippen molar-refractivity contribution in [1.29, 1.82) is 0 Å². The van der Waals surface area contributed by atoms with Gasteiger partial charge in [-0.1, -0.05) is 29.3 Å². The zero-order valence-corrected chi connectivity index (χ0v) is 15.4. The van der Waals surface area contributed by atoms with Gasteiger partial charge in [-0.15, -0.1) is 0 Å². The third-order valence-corrected chi connectivity index (χ3v) is 4.04. The lowest BCUT2D eigenvalue weighted by Crippen LogP contribution is -2.30. The summed E-state index contributed by atoms with van der Waals surface area (Å²) < 4.78 is 5.33. The minimum absolute atomic E-state index is 0.108. The second kappa shape index (κ2) is 8.38. The molecule has 0 saturated heterocycles. The number of carbonyl (C=O) groups excluding carboxylic acids is 1. The van der Waals surface area contributed by atoms with Gasteiger partial charge < -0.3 is 10.1 Å². The first-order valence-corrected chi connectivity index (χ1v) is 8.21. The van der Waals surface area contributed by atoms with Gasteiger partial charge in [0.15, 0.2) is 0 Å². The van der Waals surface area contributed by atoms with Gasteiger partial charge in [0, 0.05) is 27.8 Å². The molecule has 0 atom stereocenters. The number of anilines is 1. The fraction of sp³-hybridized carbons (Fsp3) is 0.278. The predicted octanol–water partition coefficient (Wildman–Crippen LogP) is 4.38. The van der Waals surface area contributed by atoms with Crippen molar-refractivity contribution in [3.8, 4) is 5.75 Å². The van der Waals surface area contributed by atoms with Gasteiger partial charge in [0.25, 0.3) is 0 Å². The highest BCUT2D eigenvalue weighted by atomic mass is 35.5. The molecule has 6 heteroatoms. The summed E-state index contributed by atoms with van der Waals surface area (Å²) in [7, 11) is 3.48. The van der Waals surface area contributed by atoms with Gasteiger partial charge in [0.2, 0.25) is 5.91 Å². The van der Waals surface area contributed by atoms with Crippen molar-refractivity contribution in [2.24, 2.45) is 0 Å². The van der Waals surface area contributed by atoms with E-state index in [4.69, 9.17) is 27.9 Å². The van der Waals surface area contributed by atoms with E-state index in [1.165, 1.54) is 0 Å². The maximum Gasteiger partial charge on any atom is 0.238 e. The first-order valence-electron chi connectivity index (χ1n) is 7.46. The number of ether oxygens (including phenoxy) is 1. The lowest BCUT2D eigenvalue weighted by Gasteiger charge is -2.18. The molecule has 128 valence electrons. The fourth-order valence-electron chi connectivity index (χ4n) is 2.38. The molecule has 0 spiro atoms. The van der Waals surface area contributed by atoms with E-state index in [0.717, 1.165) is 22.6 Å². The highest BCUT2D eigenvalue weighted by Gasteiger charge is 2.12. The van der Waals surface area contributed by atoms with Crippen molar-refractivity contribution in [2.45, 2.75) is 13.5 Å². The summed E-state index contributed by atoms with van der Waals surface area (Å²) in [6.45, 7) is 2.71. The van der Waals surface area contributed by atoms with Gasteiger partial charge in [0.05, 0.1) is 13.7 Å². The van der Waals surface area contributed by atoms with E-state index in [-0.39, 0.29) is 12.5 Å². The lowest BCUT2D eigenvalue weighted by molar-refractivity contribution is -0.117. The second-order valence-corrected chi connectivity index (χ2v) is 6.51. The SMILES string of the molecule is COc1ccc(Cl)cc1CN(C)CC(=O)Nc1cc(Cl)ccc1C. The molecule has 0 radical (unpaired) electrons. The molecule has 2 rings (SSSR count). The molecule has 0 aliphatic rings. The standard InChI is InChI=1S/C18H20Cl2N2O2/c1-12-4-5-15(20)9-16(12)21-18(23)11-22(2)10-13-8-14(19)6-7-17(13)24-3/h4-9H,10-11H2,1-3H3,(H,21,23). The largest absolute Gasteiger partial charge is 0.496 e. The smallest absolute Gasteiger partial charge is 0.238 e. The molecule has 0 bridgehead atoms. The molecule has 4 nitrogen and oxygen atoms in total. The fourth-order valence-corrected chi connectivity index (χ4v) is 2.75. The number of benzene rings is 2. The van der Waals surface area contributed by atoms with Gasteiger partial charge in [0.1, 0.15) is 5.75 Å². The van der Waals surface area contributed by atoms with Crippen molar-refractivity contribution < 1.29 is 9.53 Å². The minimum Gasteiger partial charge on any atom is -0.496 e. The Labute approximate surface area is 152 Å². The number of nitrogens with one attached hydrogen (secondary N) is 1. The summed E-state index contributed by atoms with van der Waals surface area (Å²) in [5.41, 5.74) is 2.62. The van der Waals surface area contributed by atoms with E-state index in [2.05, 4.69) is 5.32 Å². The van der Waals surface area contributed by atoms with Gasteiger partial charge in [-0.2, -0.15) is 0 Å². The summed E-state index contributed by atoms with van der Waals surface area (Å²) in [6, 6.07) is 10.9. The molecule has 0 fully saturated rings. The Kier molecular flexibility index (Phi) is 6.49. The van der Waals surface area contributed by atoms with Gasteiger partial charge in [-0.05, 0) is 49.9 Å². The topological polar surface area (TPSA) is 41.6 Å². The molecule has 0 saturated carbocycles. The number of methoxy groups -OCH3 is 1. The van der Waals surface area contributed by atoms with Crippen molar-refractivity contribution in [1.82, 2.24) is 4.90 Å². The average Bonchev–Trinajstić information content (AvgIpc) is 2.51. The number of amides is 1. The van der Waals surface area contributed by atoms with Crippen LogP contribution in [-0.4, -0.2) is 31.5 Å². The van der Waals surface area contributed by atoms with Crippen LogP contribution in [0.3, 0.4) is 0 Å². The Hall–Kier alpha value is -1.75. The van der Waals surface area contributed by atoms with Gasteiger partial charge >= 0.3 is 0 Å². The Balaban J connectivity index is 1.99. The lowest BCUT2D eigenvalue weighted by atomic mass is 10.2. The average molecular weight is 367 g/mol. The van der Waals surface area contributed by atoms with Crippen LogP contribution in [0.2, 0.25) is 10.0 Å². The van der Waals surface area contributed by atoms with Crippen molar-refractivity contribution in [2.75, 3.05) is 26.0 Å². The molecule has 1 N–H and O–H groups in total. The normalized spacial score (nSPS) is 10.8. The number of aryl methyl sites for hydroxylation is 1. The zero-order chi connectivity index (χ0) is 17.7. The summed E-state index contributed by atoms with van der Waals surface area (Å²) >= 11 is 12.0. The van der Waals surface area contributed by atoms with E-state index in [0.29, 0.717) is 16.6 Å². The molecule has 1 amide bonds. The number of nitrogens with zero attached hydrogens (tertiary/aromatic N) is 1. The molecule has 0 aromatic heterocycles. The monoisotopic (exact) mass is 366 g/mol. The van der Waals surface area contributed by atoms with E-state index in [1.807, 2.05) is 37.1 Å². The predicted molar refractivity (Wildman–Crippen MR) is 99.2 cm³/mol. The van der Waals surface area contributed by atoms with Crippen LogP contribution in [-0.2, 0) is 11.3 Å². The summed E-state index contributed by atoms with van der Waals surface area (Å²) in [5.74, 6) is 0.640. The van der Waals surface area contributed by atoms with Crippen LogP contribution in [0.5, 0.6) is 5.75 Å². The highest BCUT2D eigenvalue weighted by molar-refractivity contribution is 6.31. The molecule has 0 heterocycles. The molecular weight excluding hydrogens is 347 g/mol. The van der Waals surface area contributed by atoms with E-state index in [1.54, 1.807) is 25.3 Å². The van der Waals surface area contributed by atoms with Crippen molar-refractivity contribution >= 4 is 34.8 Å². The van der Waals surface area contributed by atoms with Crippen LogP contribution in [0.4, 0.5) is 5.69 Å².